The van der Waals surface area contributed by atoms with Crippen LogP contribution in [0.4, 0.5) is 10.5 Å². The van der Waals surface area contributed by atoms with Crippen molar-refractivity contribution in [3.63, 3.8) is 0 Å². The predicted molar refractivity (Wildman–Crippen MR) is 161 cm³/mol. The van der Waals surface area contributed by atoms with E-state index in [0.717, 1.165) is 47.8 Å². The molecule has 0 radical (unpaired) electrons. The Balaban J connectivity index is 1.41. The highest BCUT2D eigenvalue weighted by Crippen LogP contribution is 2.30. The molecule has 5 rings (SSSR count). The van der Waals surface area contributed by atoms with E-state index in [1.807, 2.05) is 34.1 Å². The van der Waals surface area contributed by atoms with Gasteiger partial charge in [-0.2, -0.15) is 15.6 Å². The molecule has 0 N–H and O–H groups in total. The summed E-state index contributed by atoms with van der Waals surface area (Å²) in [5.41, 5.74) is 8.05. The van der Waals surface area contributed by atoms with Crippen LogP contribution >= 0.6 is 10.5 Å². The number of amides is 2. The van der Waals surface area contributed by atoms with Crippen molar-refractivity contribution in [1.82, 2.24) is 4.90 Å². The fourth-order valence-electron chi connectivity index (χ4n) is 5.12. The lowest BCUT2D eigenvalue weighted by Gasteiger charge is -2.34. The van der Waals surface area contributed by atoms with E-state index in [0.29, 0.717) is 12.4 Å². The van der Waals surface area contributed by atoms with Crippen molar-refractivity contribution in [2.45, 2.75) is 25.8 Å². The minimum absolute atomic E-state index is 0.0334. The van der Waals surface area contributed by atoms with E-state index in [1.54, 1.807) is 7.11 Å². The van der Waals surface area contributed by atoms with Crippen LogP contribution < -0.4 is 4.90 Å². The number of fused-ring (bicyclic) bond motifs is 1. The predicted octanol–water partition coefficient (Wildman–Crippen LogP) is 5.99. The van der Waals surface area contributed by atoms with E-state index in [9.17, 15) is 4.79 Å². The van der Waals surface area contributed by atoms with Crippen LogP contribution in [0.3, 0.4) is 0 Å². The molecule has 1 saturated heterocycles. The van der Waals surface area contributed by atoms with Gasteiger partial charge in [0.15, 0.2) is 0 Å². The molecule has 6 nitrogen and oxygen atoms in total. The van der Waals surface area contributed by atoms with Gasteiger partial charge in [-0.3, -0.25) is 4.90 Å². The van der Waals surface area contributed by atoms with Gasteiger partial charge in [-0.15, -0.1) is 5.10 Å². The summed E-state index contributed by atoms with van der Waals surface area (Å²) < 4.78 is 5.31. The first-order valence-electron chi connectivity index (χ1n) is 13.0. The van der Waals surface area contributed by atoms with Crippen LogP contribution in [0.1, 0.15) is 28.7 Å². The molecular formula is C31H34N4O2S. The Bertz CT molecular complexity index is 1360. The van der Waals surface area contributed by atoms with Crippen LogP contribution in [0.2, 0.25) is 0 Å². The van der Waals surface area contributed by atoms with E-state index in [2.05, 4.69) is 65.3 Å². The molecule has 1 heterocycles. The van der Waals surface area contributed by atoms with Crippen molar-refractivity contribution in [2.24, 2.45) is 10.2 Å². The minimum atomic E-state index is 0.0334. The molecular weight excluding hydrogens is 492 g/mol. The summed E-state index contributed by atoms with van der Waals surface area (Å²) in [6.07, 6.45) is 3.59. The maximum atomic E-state index is 13.8. The Morgan fingerprint density at radius 3 is 2.34 bits per heavy atom. The number of rotatable bonds is 6. The minimum Gasteiger partial charge on any atom is -0.479 e. The van der Waals surface area contributed by atoms with Gasteiger partial charge in [0.1, 0.15) is 0 Å². The highest BCUT2D eigenvalue weighted by molar-refractivity contribution is 8.14. The molecule has 1 fully saturated rings. The standard InChI is InChI=1S/C31H34N4O2S/c1-32-33-30(37-2)26-9-7-23(8-10-26)22-35(31(36)34-17-19-38(3)20-18-34)29-15-13-25(14-16-29)28-12-11-24-5-4-6-27(24)21-28/h7-16,21H,1,3-6,17-20,22H2,2H3/b33-30-. The van der Waals surface area contributed by atoms with Gasteiger partial charge in [0.05, 0.1) is 13.7 Å². The highest BCUT2D eigenvalue weighted by Gasteiger charge is 2.25. The van der Waals surface area contributed by atoms with Gasteiger partial charge < -0.3 is 9.64 Å². The zero-order valence-corrected chi connectivity index (χ0v) is 22.8. The van der Waals surface area contributed by atoms with Crippen LogP contribution in [0.15, 0.2) is 76.9 Å². The summed E-state index contributed by atoms with van der Waals surface area (Å²) in [6, 6.07) is 23.1. The number of urea groups is 1. The van der Waals surface area contributed by atoms with Crippen molar-refractivity contribution in [2.75, 3.05) is 36.6 Å². The molecule has 196 valence electrons. The van der Waals surface area contributed by atoms with Gasteiger partial charge in [0.25, 0.3) is 0 Å². The van der Waals surface area contributed by atoms with Crippen molar-refractivity contribution in [1.29, 1.82) is 0 Å². The molecule has 0 aromatic heterocycles. The Morgan fingerprint density at radius 1 is 0.974 bits per heavy atom. The van der Waals surface area contributed by atoms with Gasteiger partial charge in [0.2, 0.25) is 5.90 Å². The number of anilines is 1. The van der Waals surface area contributed by atoms with Crippen molar-refractivity contribution >= 4 is 40.7 Å². The van der Waals surface area contributed by atoms with Crippen LogP contribution in [-0.4, -0.2) is 61.1 Å². The molecule has 1 aliphatic carbocycles. The zero-order chi connectivity index (χ0) is 26.5. The second kappa shape index (κ2) is 11.8. The second-order valence-electron chi connectivity index (χ2n) is 9.71. The summed E-state index contributed by atoms with van der Waals surface area (Å²) in [5.74, 6) is 6.53. The molecule has 0 saturated carbocycles. The quantitative estimate of drug-likeness (QED) is 0.171. The molecule has 38 heavy (non-hydrogen) atoms. The van der Waals surface area contributed by atoms with Crippen LogP contribution in [0.25, 0.3) is 11.1 Å². The van der Waals surface area contributed by atoms with E-state index >= 15 is 0 Å². The Labute approximate surface area is 227 Å². The fraction of sp³-hybridized carbons (Fsp3) is 0.290. The number of benzene rings is 3. The number of nitrogens with zero attached hydrogens (tertiary/aromatic N) is 4. The Kier molecular flexibility index (Phi) is 8.03. The molecule has 0 bridgehead atoms. The van der Waals surface area contributed by atoms with Gasteiger partial charge in [-0.05, 0) is 71.3 Å². The third-order valence-corrected chi connectivity index (χ3v) is 8.83. The van der Waals surface area contributed by atoms with Gasteiger partial charge in [0, 0.05) is 42.6 Å². The largest absolute Gasteiger partial charge is 0.479 e. The van der Waals surface area contributed by atoms with E-state index in [1.165, 1.54) is 35.1 Å². The molecule has 3 aromatic carbocycles. The van der Waals surface area contributed by atoms with E-state index in [-0.39, 0.29) is 16.5 Å². The number of aryl methyl sites for hydroxylation is 2. The van der Waals surface area contributed by atoms with E-state index < -0.39 is 0 Å². The number of carbonyl (C=O) groups is 1. The van der Waals surface area contributed by atoms with Crippen LogP contribution in [-0.2, 0) is 24.1 Å². The van der Waals surface area contributed by atoms with Crippen LogP contribution in [0.5, 0.6) is 0 Å². The molecule has 2 aliphatic rings. The van der Waals surface area contributed by atoms with E-state index in [4.69, 9.17) is 4.74 Å². The third-order valence-electron chi connectivity index (χ3n) is 7.31. The molecule has 0 atom stereocenters. The lowest BCUT2D eigenvalue weighted by Crippen LogP contribution is -2.47. The summed E-state index contributed by atoms with van der Waals surface area (Å²) >= 11 is 0. The normalized spacial score (nSPS) is 15.7. The topological polar surface area (TPSA) is 57.5 Å². The number of hydrogen-bond acceptors (Lipinski definition) is 4. The first kappa shape index (κ1) is 25.9. The highest BCUT2D eigenvalue weighted by atomic mass is 32.2. The van der Waals surface area contributed by atoms with Gasteiger partial charge in [-0.1, -0.05) is 48.3 Å². The summed E-state index contributed by atoms with van der Waals surface area (Å²) in [6.45, 7) is 5.36. The lowest BCUT2D eigenvalue weighted by molar-refractivity contribution is 0.209. The summed E-state index contributed by atoms with van der Waals surface area (Å²) in [7, 11) is 1.70. The van der Waals surface area contributed by atoms with Crippen molar-refractivity contribution < 1.29 is 9.53 Å². The molecule has 3 aromatic rings. The average molecular weight is 527 g/mol. The lowest BCUT2D eigenvalue weighted by atomic mass is 10.0. The third kappa shape index (κ3) is 5.73. The second-order valence-corrected chi connectivity index (χ2v) is 11.7. The molecule has 7 heteroatoms. The smallest absolute Gasteiger partial charge is 0.324 e. The maximum absolute atomic E-state index is 13.8. The summed E-state index contributed by atoms with van der Waals surface area (Å²) in [4.78, 5) is 17.6. The Morgan fingerprint density at radius 2 is 1.66 bits per heavy atom. The number of ether oxygens (including phenoxy) is 1. The summed E-state index contributed by atoms with van der Waals surface area (Å²) in [5, 5.41) is 7.50. The first-order valence-corrected chi connectivity index (χ1v) is 14.7. The monoisotopic (exact) mass is 526 g/mol. The first-order chi connectivity index (χ1) is 18.6. The fourth-order valence-corrected chi connectivity index (χ4v) is 6.29. The number of methoxy groups -OCH3 is 1. The Hall–Kier alpha value is -3.71. The molecule has 2 amide bonds. The average Bonchev–Trinajstić information content (AvgIpc) is 3.43. The van der Waals surface area contributed by atoms with Crippen LogP contribution in [0, 0.1) is 0 Å². The molecule has 0 spiro atoms. The number of hydrogen-bond donors (Lipinski definition) is 0. The molecule has 1 aliphatic heterocycles. The van der Waals surface area contributed by atoms with Crippen molar-refractivity contribution in [3.05, 3.63) is 89.0 Å². The van der Waals surface area contributed by atoms with Gasteiger partial charge in [-0.25, -0.2) is 4.79 Å². The van der Waals surface area contributed by atoms with Gasteiger partial charge >= 0.3 is 6.03 Å². The SMILES string of the molecule is C=N/N=C(\OC)c1ccc(CN(C(=O)N2CCS(=C)CC2)c2ccc(-c3ccc4c(c3)CCC4)cc2)cc1. The maximum Gasteiger partial charge on any atom is 0.324 e. The molecule has 0 unspecified atom stereocenters. The number of carbonyl (C=O) groups excluding carboxylic acids is 1. The zero-order valence-electron chi connectivity index (χ0n) is 21.9. The van der Waals surface area contributed by atoms with Crippen molar-refractivity contribution in [3.8, 4) is 11.1 Å².